The number of imidazole rings is 1. The van der Waals surface area contributed by atoms with Crippen LogP contribution in [0.5, 0.6) is 0 Å². The van der Waals surface area contributed by atoms with Gasteiger partial charge in [-0.2, -0.15) is 13.2 Å². The van der Waals surface area contributed by atoms with Crippen molar-refractivity contribution in [1.82, 2.24) is 9.38 Å². The van der Waals surface area contributed by atoms with Crippen molar-refractivity contribution >= 4 is 11.6 Å². The molecule has 1 N–H and O–H groups in total. The molecule has 7 heteroatoms. The summed E-state index contributed by atoms with van der Waals surface area (Å²) < 4.78 is 38.7. The van der Waals surface area contributed by atoms with Crippen LogP contribution in [-0.2, 0) is 6.18 Å². The molecule has 2 heterocycles. The Bertz CT molecular complexity index is 559. The van der Waals surface area contributed by atoms with E-state index in [0.29, 0.717) is 4.40 Å². The number of carboxylic acid groups (broad SMARTS) is 1. The number of pyridine rings is 1. The monoisotopic (exact) mass is 230 g/mol. The lowest BCUT2D eigenvalue weighted by molar-refractivity contribution is -0.142. The van der Waals surface area contributed by atoms with Crippen molar-refractivity contribution in [2.75, 3.05) is 0 Å². The van der Waals surface area contributed by atoms with Crippen molar-refractivity contribution in [1.29, 1.82) is 0 Å². The summed E-state index contributed by atoms with van der Waals surface area (Å²) in [4.78, 5) is 14.1. The zero-order valence-electron chi connectivity index (χ0n) is 7.69. The lowest BCUT2D eigenvalue weighted by Gasteiger charge is -2.06. The Hall–Kier alpha value is -2.05. The van der Waals surface area contributed by atoms with Gasteiger partial charge in [-0.3, -0.25) is 4.40 Å². The van der Waals surface area contributed by atoms with E-state index in [1.54, 1.807) is 0 Å². The number of halogens is 3. The highest BCUT2D eigenvalue weighted by atomic mass is 19.4. The fourth-order valence-electron chi connectivity index (χ4n) is 1.42. The number of rotatable bonds is 1. The molecular weight excluding hydrogens is 225 g/mol. The summed E-state index contributed by atoms with van der Waals surface area (Å²) in [6.45, 7) is 0. The van der Waals surface area contributed by atoms with E-state index < -0.39 is 23.5 Å². The maximum atomic E-state index is 12.6. The number of aromatic carboxylic acids is 1. The second-order valence-electron chi connectivity index (χ2n) is 3.04. The van der Waals surface area contributed by atoms with Gasteiger partial charge in [-0.05, 0) is 12.1 Å². The summed E-state index contributed by atoms with van der Waals surface area (Å²) in [6, 6.07) is 4.16. The van der Waals surface area contributed by atoms with Crippen LogP contribution in [0.25, 0.3) is 5.65 Å². The molecule has 0 fully saturated rings. The van der Waals surface area contributed by atoms with Crippen LogP contribution in [0.2, 0.25) is 0 Å². The van der Waals surface area contributed by atoms with Gasteiger partial charge in [-0.15, -0.1) is 0 Å². The Morgan fingerprint density at radius 1 is 1.38 bits per heavy atom. The van der Waals surface area contributed by atoms with Crippen molar-refractivity contribution in [3.05, 3.63) is 35.8 Å². The number of hydrogen-bond acceptors (Lipinski definition) is 2. The molecule has 0 aliphatic carbocycles. The molecule has 0 bridgehead atoms. The fourth-order valence-corrected chi connectivity index (χ4v) is 1.42. The molecule has 2 rings (SSSR count). The molecule has 2 aromatic heterocycles. The second-order valence-corrected chi connectivity index (χ2v) is 3.04. The largest absolute Gasteiger partial charge is 0.476 e. The minimum atomic E-state index is -4.76. The van der Waals surface area contributed by atoms with Crippen LogP contribution in [-0.4, -0.2) is 20.5 Å². The predicted octanol–water partition coefficient (Wildman–Crippen LogP) is 2.05. The smallest absolute Gasteiger partial charge is 0.434 e. The van der Waals surface area contributed by atoms with E-state index in [0.717, 1.165) is 6.20 Å². The average Bonchev–Trinajstić information content (AvgIpc) is 2.55. The Balaban J connectivity index is 2.85. The van der Waals surface area contributed by atoms with Gasteiger partial charge in [-0.1, -0.05) is 6.07 Å². The fraction of sp³-hybridized carbons (Fsp3) is 0.111. The molecule has 0 spiro atoms. The summed E-state index contributed by atoms with van der Waals surface area (Å²) in [5.41, 5.74) is -2.30. The number of fused-ring (bicyclic) bond motifs is 1. The van der Waals surface area contributed by atoms with E-state index in [1.165, 1.54) is 18.2 Å². The molecule has 0 aliphatic rings. The molecular formula is C9H5F3N2O2. The molecule has 0 amide bonds. The molecule has 16 heavy (non-hydrogen) atoms. The summed E-state index contributed by atoms with van der Waals surface area (Å²) in [5, 5.41) is 8.65. The number of carboxylic acids is 1. The van der Waals surface area contributed by atoms with E-state index >= 15 is 0 Å². The molecule has 0 radical (unpaired) electrons. The van der Waals surface area contributed by atoms with Crippen LogP contribution in [0.4, 0.5) is 13.2 Å². The SMILES string of the molecule is O=C(O)c1nc2ccccn2c1C(F)(F)F. The highest BCUT2D eigenvalue weighted by Gasteiger charge is 2.40. The van der Waals surface area contributed by atoms with E-state index in [2.05, 4.69) is 4.98 Å². The topological polar surface area (TPSA) is 54.6 Å². The zero-order chi connectivity index (χ0) is 11.9. The predicted molar refractivity (Wildman–Crippen MR) is 47.2 cm³/mol. The van der Waals surface area contributed by atoms with E-state index in [9.17, 15) is 18.0 Å². The first-order valence-corrected chi connectivity index (χ1v) is 4.19. The summed E-state index contributed by atoms with van der Waals surface area (Å²) in [5.74, 6) is -1.70. The van der Waals surface area contributed by atoms with Gasteiger partial charge in [0.25, 0.3) is 0 Å². The van der Waals surface area contributed by atoms with Crippen LogP contribution in [0, 0.1) is 0 Å². The number of hydrogen-bond donors (Lipinski definition) is 1. The maximum absolute atomic E-state index is 12.6. The van der Waals surface area contributed by atoms with Crippen molar-refractivity contribution in [3.63, 3.8) is 0 Å². The van der Waals surface area contributed by atoms with Gasteiger partial charge in [0.15, 0.2) is 11.4 Å². The molecule has 2 aromatic rings. The second kappa shape index (κ2) is 3.22. The van der Waals surface area contributed by atoms with Gasteiger partial charge >= 0.3 is 12.1 Å². The number of carbonyl (C=O) groups is 1. The average molecular weight is 230 g/mol. The minimum absolute atomic E-state index is 0.0489. The number of nitrogens with zero attached hydrogens (tertiary/aromatic N) is 2. The van der Waals surface area contributed by atoms with Crippen LogP contribution in [0.3, 0.4) is 0 Å². The van der Waals surface area contributed by atoms with Crippen molar-refractivity contribution in [2.24, 2.45) is 0 Å². The van der Waals surface area contributed by atoms with Gasteiger partial charge in [-0.25, -0.2) is 9.78 Å². The summed E-state index contributed by atoms with van der Waals surface area (Å²) in [7, 11) is 0. The van der Waals surface area contributed by atoms with Crippen LogP contribution in [0.15, 0.2) is 24.4 Å². The Labute approximate surface area is 87.0 Å². The van der Waals surface area contributed by atoms with E-state index in [1.807, 2.05) is 0 Å². The van der Waals surface area contributed by atoms with Gasteiger partial charge in [0.1, 0.15) is 5.65 Å². The standard InChI is InChI=1S/C9H5F3N2O2/c10-9(11,12)7-6(8(15)16)13-5-3-1-2-4-14(5)7/h1-4H,(H,15,16). The highest BCUT2D eigenvalue weighted by Crippen LogP contribution is 2.32. The lowest BCUT2D eigenvalue weighted by atomic mass is 10.3. The van der Waals surface area contributed by atoms with Gasteiger partial charge in [0, 0.05) is 6.20 Å². The first kappa shape index (κ1) is 10.5. The highest BCUT2D eigenvalue weighted by molar-refractivity contribution is 5.88. The van der Waals surface area contributed by atoms with Crippen molar-refractivity contribution in [3.8, 4) is 0 Å². The van der Waals surface area contributed by atoms with Crippen molar-refractivity contribution in [2.45, 2.75) is 6.18 Å². The number of alkyl halides is 3. The molecule has 0 atom stereocenters. The van der Waals surface area contributed by atoms with Crippen LogP contribution < -0.4 is 0 Å². The van der Waals surface area contributed by atoms with Gasteiger partial charge < -0.3 is 5.11 Å². The quantitative estimate of drug-likeness (QED) is 0.815. The third-order valence-corrected chi connectivity index (χ3v) is 2.00. The third kappa shape index (κ3) is 1.50. The number of aromatic nitrogens is 2. The molecule has 0 aliphatic heterocycles. The molecule has 0 saturated carbocycles. The van der Waals surface area contributed by atoms with Gasteiger partial charge in [0.2, 0.25) is 0 Å². The van der Waals surface area contributed by atoms with Crippen molar-refractivity contribution < 1.29 is 23.1 Å². The normalized spacial score (nSPS) is 11.9. The van der Waals surface area contributed by atoms with Crippen LogP contribution in [0.1, 0.15) is 16.2 Å². The molecule has 0 unspecified atom stereocenters. The Morgan fingerprint density at radius 3 is 2.62 bits per heavy atom. The first-order chi connectivity index (χ1) is 7.41. The summed E-state index contributed by atoms with van der Waals surface area (Å²) in [6.07, 6.45) is -3.63. The lowest BCUT2D eigenvalue weighted by Crippen LogP contribution is -2.14. The third-order valence-electron chi connectivity index (χ3n) is 2.00. The molecule has 4 nitrogen and oxygen atoms in total. The minimum Gasteiger partial charge on any atom is -0.476 e. The summed E-state index contributed by atoms with van der Waals surface area (Å²) >= 11 is 0. The van der Waals surface area contributed by atoms with Gasteiger partial charge in [0.05, 0.1) is 0 Å². The Kier molecular flexibility index (Phi) is 2.11. The zero-order valence-corrected chi connectivity index (χ0v) is 7.69. The van der Waals surface area contributed by atoms with Crippen LogP contribution >= 0.6 is 0 Å². The molecule has 0 saturated heterocycles. The first-order valence-electron chi connectivity index (χ1n) is 4.19. The maximum Gasteiger partial charge on any atom is 0.434 e. The van der Waals surface area contributed by atoms with E-state index in [-0.39, 0.29) is 5.65 Å². The molecule has 84 valence electrons. The Morgan fingerprint density at radius 2 is 2.06 bits per heavy atom. The van der Waals surface area contributed by atoms with E-state index in [4.69, 9.17) is 5.11 Å². The molecule has 0 aromatic carbocycles.